The highest BCUT2D eigenvalue weighted by molar-refractivity contribution is 5.94. The van der Waals surface area contributed by atoms with Gasteiger partial charge in [0.15, 0.2) is 0 Å². The molecule has 0 saturated carbocycles. The van der Waals surface area contributed by atoms with E-state index in [1.54, 1.807) is 0 Å². The summed E-state index contributed by atoms with van der Waals surface area (Å²) >= 11 is 0. The smallest absolute Gasteiger partial charge is 0.326 e. The van der Waals surface area contributed by atoms with Crippen LogP contribution < -0.4 is 16.4 Å². The topological polar surface area (TPSA) is 211 Å². The summed E-state index contributed by atoms with van der Waals surface area (Å²) in [4.78, 5) is 56.5. The molecule has 0 spiro atoms. The van der Waals surface area contributed by atoms with Crippen LogP contribution in [0.25, 0.3) is 0 Å². The largest absolute Gasteiger partial charge is 0.480 e. The maximum atomic E-state index is 12.8. The highest BCUT2D eigenvalue weighted by Crippen LogP contribution is 2.18. The van der Waals surface area contributed by atoms with Gasteiger partial charge in [0.1, 0.15) is 24.2 Å². The van der Waals surface area contributed by atoms with Crippen LogP contribution >= 0.6 is 0 Å². The summed E-state index contributed by atoms with van der Waals surface area (Å²) in [5, 5.41) is 32.6. The molecular weight excluding hydrogens is 400 g/mol. The number of aliphatic carboxylic acids is 1. The zero-order chi connectivity index (χ0) is 22.3. The average Bonchev–Trinajstić information content (AvgIpc) is 3.41. The maximum Gasteiger partial charge on any atom is 0.326 e. The first-order valence-electron chi connectivity index (χ1n) is 9.37. The molecule has 13 nitrogen and oxygen atoms in total. The number of carboxylic acid groups (broad SMARTS) is 1. The Bertz CT molecular complexity index is 756. The number of aliphatic hydroxyl groups excluding tert-OH is 2. The number of hydrogen-bond donors (Lipinski definition) is 7. The minimum Gasteiger partial charge on any atom is -0.480 e. The SMILES string of the molecule is NC(CO)C(=O)NC(Cc1cnc[nH]1)C(=O)NC(CO)C(=O)N1CCCC1C(=O)O. The highest BCUT2D eigenvalue weighted by Gasteiger charge is 2.38. The Labute approximate surface area is 171 Å². The summed E-state index contributed by atoms with van der Waals surface area (Å²) in [6.07, 6.45) is 3.57. The van der Waals surface area contributed by atoms with Gasteiger partial charge >= 0.3 is 5.97 Å². The highest BCUT2D eigenvalue weighted by atomic mass is 16.4. The molecule has 166 valence electrons. The van der Waals surface area contributed by atoms with E-state index >= 15 is 0 Å². The van der Waals surface area contributed by atoms with Gasteiger partial charge in [0.05, 0.1) is 19.5 Å². The Morgan fingerprint density at radius 3 is 2.47 bits per heavy atom. The van der Waals surface area contributed by atoms with Crippen molar-refractivity contribution in [2.45, 2.75) is 43.4 Å². The maximum absolute atomic E-state index is 12.8. The van der Waals surface area contributed by atoms with Crippen molar-refractivity contribution in [3.05, 3.63) is 18.2 Å². The number of carbonyl (C=O) groups excluding carboxylic acids is 3. The van der Waals surface area contributed by atoms with Gasteiger partial charge < -0.3 is 41.6 Å². The van der Waals surface area contributed by atoms with E-state index in [4.69, 9.17) is 10.8 Å². The van der Waals surface area contributed by atoms with E-state index in [0.717, 1.165) is 4.90 Å². The fourth-order valence-electron chi connectivity index (χ4n) is 3.13. The third kappa shape index (κ3) is 5.75. The number of carboxylic acids is 1. The summed E-state index contributed by atoms with van der Waals surface area (Å²) in [6, 6.07) is -4.85. The average molecular weight is 426 g/mol. The second-order valence-corrected chi connectivity index (χ2v) is 6.90. The molecule has 1 aliphatic rings. The lowest BCUT2D eigenvalue weighted by atomic mass is 10.1. The van der Waals surface area contributed by atoms with Crippen molar-refractivity contribution in [3.8, 4) is 0 Å². The van der Waals surface area contributed by atoms with Gasteiger partial charge in [0, 0.05) is 24.9 Å². The zero-order valence-corrected chi connectivity index (χ0v) is 16.2. The number of hydrogen-bond acceptors (Lipinski definition) is 8. The number of aliphatic hydroxyl groups is 2. The number of likely N-dealkylation sites (tertiary alicyclic amines) is 1. The molecule has 0 radical (unpaired) electrons. The van der Waals surface area contributed by atoms with E-state index in [2.05, 4.69) is 20.6 Å². The summed E-state index contributed by atoms with van der Waals surface area (Å²) in [6.45, 7) is -1.19. The van der Waals surface area contributed by atoms with Crippen LogP contribution in [0.5, 0.6) is 0 Å². The molecular formula is C17H26N6O7. The van der Waals surface area contributed by atoms with Crippen molar-refractivity contribution in [3.63, 3.8) is 0 Å². The van der Waals surface area contributed by atoms with Gasteiger partial charge in [-0.1, -0.05) is 0 Å². The lowest BCUT2D eigenvalue weighted by Gasteiger charge is -2.28. The fourth-order valence-corrected chi connectivity index (χ4v) is 3.13. The van der Waals surface area contributed by atoms with Gasteiger partial charge in [-0.15, -0.1) is 0 Å². The van der Waals surface area contributed by atoms with Gasteiger partial charge in [-0.2, -0.15) is 0 Å². The summed E-state index contributed by atoms with van der Waals surface area (Å²) in [5.41, 5.74) is 5.97. The van der Waals surface area contributed by atoms with Gasteiger partial charge in [-0.3, -0.25) is 14.4 Å². The Hall–Kier alpha value is -3.03. The van der Waals surface area contributed by atoms with Crippen LogP contribution in [0.3, 0.4) is 0 Å². The van der Waals surface area contributed by atoms with E-state index in [-0.39, 0.29) is 19.4 Å². The Kier molecular flexibility index (Phi) is 8.26. The van der Waals surface area contributed by atoms with Crippen molar-refractivity contribution < 1.29 is 34.5 Å². The molecule has 4 unspecified atom stereocenters. The number of carbonyl (C=O) groups is 4. The van der Waals surface area contributed by atoms with E-state index in [0.29, 0.717) is 12.1 Å². The second-order valence-electron chi connectivity index (χ2n) is 6.90. The second kappa shape index (κ2) is 10.7. The quantitative estimate of drug-likeness (QED) is 0.196. The first-order chi connectivity index (χ1) is 14.3. The molecule has 2 heterocycles. The lowest BCUT2D eigenvalue weighted by molar-refractivity contribution is -0.150. The zero-order valence-electron chi connectivity index (χ0n) is 16.2. The van der Waals surface area contributed by atoms with Crippen LogP contribution in [-0.2, 0) is 25.6 Å². The number of nitrogens with one attached hydrogen (secondary N) is 3. The van der Waals surface area contributed by atoms with Crippen LogP contribution in [0.15, 0.2) is 12.5 Å². The van der Waals surface area contributed by atoms with Crippen molar-refractivity contribution in [2.75, 3.05) is 19.8 Å². The van der Waals surface area contributed by atoms with Crippen molar-refractivity contribution in [1.29, 1.82) is 0 Å². The number of rotatable bonds is 10. The number of aromatic nitrogens is 2. The molecule has 1 aliphatic heterocycles. The molecule has 2 rings (SSSR count). The molecule has 4 atom stereocenters. The van der Waals surface area contributed by atoms with Gasteiger partial charge in [0.25, 0.3) is 0 Å². The minimum atomic E-state index is -1.38. The van der Waals surface area contributed by atoms with Crippen molar-refractivity contribution >= 4 is 23.7 Å². The fraction of sp³-hybridized carbons (Fsp3) is 0.588. The standard InChI is InChI=1S/C17H26N6O7/c18-10(6-24)14(26)21-11(4-9-5-19-8-20-9)15(27)22-12(7-25)16(28)23-3-1-2-13(23)17(29)30/h5,8,10-13,24-25H,1-4,6-7,18H2,(H,19,20)(H,21,26)(H,22,27)(H,29,30). The number of nitrogens with zero attached hydrogens (tertiary/aromatic N) is 2. The predicted octanol–water partition coefficient (Wildman–Crippen LogP) is -3.69. The Morgan fingerprint density at radius 2 is 1.90 bits per heavy atom. The molecule has 1 fully saturated rings. The molecule has 0 bridgehead atoms. The lowest BCUT2D eigenvalue weighted by Crippen LogP contribution is -2.58. The molecule has 0 aliphatic carbocycles. The Balaban J connectivity index is 2.11. The number of H-pyrrole nitrogens is 1. The minimum absolute atomic E-state index is 0.0243. The van der Waals surface area contributed by atoms with Gasteiger partial charge in [0.2, 0.25) is 17.7 Å². The van der Waals surface area contributed by atoms with E-state index in [1.807, 2.05) is 0 Å². The van der Waals surface area contributed by atoms with Crippen molar-refractivity contribution in [1.82, 2.24) is 25.5 Å². The monoisotopic (exact) mass is 426 g/mol. The molecule has 13 heteroatoms. The first-order valence-corrected chi connectivity index (χ1v) is 9.37. The predicted molar refractivity (Wildman–Crippen MR) is 101 cm³/mol. The number of amides is 3. The van der Waals surface area contributed by atoms with Crippen LogP contribution in [0.1, 0.15) is 18.5 Å². The first kappa shape index (κ1) is 23.3. The number of nitrogens with two attached hydrogens (primary N) is 1. The molecule has 1 aromatic heterocycles. The normalized spacial score (nSPS) is 19.0. The van der Waals surface area contributed by atoms with Crippen LogP contribution in [-0.4, -0.2) is 97.8 Å². The van der Waals surface area contributed by atoms with Crippen molar-refractivity contribution in [2.24, 2.45) is 5.73 Å². The summed E-state index contributed by atoms with van der Waals surface area (Å²) < 4.78 is 0. The van der Waals surface area contributed by atoms with E-state index < -0.39 is 61.1 Å². The van der Waals surface area contributed by atoms with E-state index in [9.17, 15) is 29.4 Å². The molecule has 3 amide bonds. The summed E-state index contributed by atoms with van der Waals surface area (Å²) in [7, 11) is 0. The molecule has 30 heavy (non-hydrogen) atoms. The third-order valence-corrected chi connectivity index (χ3v) is 4.76. The van der Waals surface area contributed by atoms with Gasteiger partial charge in [-0.25, -0.2) is 9.78 Å². The molecule has 1 aromatic rings. The van der Waals surface area contributed by atoms with Crippen LogP contribution in [0, 0.1) is 0 Å². The molecule has 8 N–H and O–H groups in total. The van der Waals surface area contributed by atoms with Crippen LogP contribution in [0.2, 0.25) is 0 Å². The molecule has 1 saturated heterocycles. The molecule has 0 aromatic carbocycles. The van der Waals surface area contributed by atoms with Crippen LogP contribution in [0.4, 0.5) is 0 Å². The summed E-state index contributed by atoms with van der Waals surface area (Å²) in [5.74, 6) is -3.46. The number of imidazole rings is 1. The third-order valence-electron chi connectivity index (χ3n) is 4.76. The van der Waals surface area contributed by atoms with Gasteiger partial charge in [-0.05, 0) is 12.8 Å². The number of aromatic amines is 1. The van der Waals surface area contributed by atoms with E-state index in [1.165, 1.54) is 12.5 Å². The Morgan fingerprint density at radius 1 is 1.20 bits per heavy atom.